The van der Waals surface area contributed by atoms with Crippen LogP contribution in [0.3, 0.4) is 0 Å². The normalized spacial score (nSPS) is 11.1. The van der Waals surface area contributed by atoms with Gasteiger partial charge in [-0.1, -0.05) is 36.8 Å². The Hall–Kier alpha value is -2.97. The SMILES string of the molecule is CCSc1ccccc1NC(=O)CN(c1ccc(C)cc1)S(=O)(=O)c1ccc(OC)cc1. The number of carbonyl (C=O) groups excluding carboxylic acids is 1. The fraction of sp³-hybridized carbons (Fsp3) is 0.208. The topological polar surface area (TPSA) is 75.7 Å². The van der Waals surface area contributed by atoms with Gasteiger partial charge >= 0.3 is 0 Å². The molecule has 0 spiro atoms. The van der Waals surface area contributed by atoms with Crippen LogP contribution in [0.2, 0.25) is 0 Å². The summed E-state index contributed by atoms with van der Waals surface area (Å²) in [5.74, 6) is 0.981. The zero-order chi connectivity index (χ0) is 23.1. The molecule has 0 bridgehead atoms. The molecule has 0 heterocycles. The monoisotopic (exact) mass is 470 g/mol. The van der Waals surface area contributed by atoms with Crippen molar-refractivity contribution in [2.75, 3.05) is 29.0 Å². The van der Waals surface area contributed by atoms with Gasteiger partial charge in [0.05, 0.1) is 23.4 Å². The minimum atomic E-state index is -3.99. The third kappa shape index (κ3) is 5.63. The first-order valence-electron chi connectivity index (χ1n) is 10.1. The number of ether oxygens (including phenoxy) is 1. The van der Waals surface area contributed by atoms with E-state index in [1.54, 1.807) is 36.0 Å². The molecule has 168 valence electrons. The first kappa shape index (κ1) is 23.7. The molecule has 0 aliphatic heterocycles. The smallest absolute Gasteiger partial charge is 0.264 e. The van der Waals surface area contributed by atoms with Crippen LogP contribution in [-0.4, -0.2) is 33.7 Å². The molecule has 0 radical (unpaired) electrons. The van der Waals surface area contributed by atoms with Gasteiger partial charge in [0, 0.05) is 4.90 Å². The van der Waals surface area contributed by atoms with Gasteiger partial charge < -0.3 is 10.1 Å². The van der Waals surface area contributed by atoms with E-state index in [1.165, 1.54) is 19.2 Å². The maximum atomic E-state index is 13.5. The predicted octanol–water partition coefficient (Wildman–Crippen LogP) is 4.95. The fourth-order valence-electron chi connectivity index (χ4n) is 3.07. The van der Waals surface area contributed by atoms with Crippen molar-refractivity contribution in [2.24, 2.45) is 0 Å². The van der Waals surface area contributed by atoms with Crippen molar-refractivity contribution in [1.82, 2.24) is 0 Å². The first-order valence-corrected chi connectivity index (χ1v) is 12.5. The molecule has 8 heteroatoms. The zero-order valence-electron chi connectivity index (χ0n) is 18.2. The quantitative estimate of drug-likeness (QED) is 0.448. The Morgan fingerprint density at radius 2 is 1.66 bits per heavy atom. The van der Waals surface area contributed by atoms with E-state index in [0.717, 1.165) is 20.5 Å². The molecule has 6 nitrogen and oxygen atoms in total. The van der Waals surface area contributed by atoms with E-state index in [-0.39, 0.29) is 11.4 Å². The standard InChI is InChI=1S/C24H26N2O4S2/c1-4-31-23-8-6-5-7-22(23)25-24(27)17-26(19-11-9-18(2)10-12-19)32(28,29)21-15-13-20(30-3)14-16-21/h5-16H,4,17H2,1-3H3,(H,25,27). The molecular weight excluding hydrogens is 444 g/mol. The number of methoxy groups -OCH3 is 1. The Kier molecular flexibility index (Phi) is 7.82. The number of anilines is 2. The second-order valence-corrected chi connectivity index (χ2v) is 10.2. The van der Waals surface area contributed by atoms with Crippen molar-refractivity contribution in [3.05, 3.63) is 78.4 Å². The number of thioether (sulfide) groups is 1. The van der Waals surface area contributed by atoms with E-state index in [2.05, 4.69) is 5.32 Å². The van der Waals surface area contributed by atoms with E-state index in [1.807, 2.05) is 50.2 Å². The summed E-state index contributed by atoms with van der Waals surface area (Å²) in [5.41, 5.74) is 2.07. The molecule has 0 saturated heterocycles. The number of aryl methyl sites for hydroxylation is 1. The number of hydrogen-bond acceptors (Lipinski definition) is 5. The second kappa shape index (κ2) is 10.6. The largest absolute Gasteiger partial charge is 0.497 e. The summed E-state index contributed by atoms with van der Waals surface area (Å²) < 4.78 is 33.2. The molecule has 1 amide bonds. The molecule has 3 aromatic rings. The highest BCUT2D eigenvalue weighted by atomic mass is 32.2. The summed E-state index contributed by atoms with van der Waals surface area (Å²) in [7, 11) is -2.47. The molecule has 0 fully saturated rings. The molecule has 0 atom stereocenters. The summed E-state index contributed by atoms with van der Waals surface area (Å²) in [6.45, 7) is 3.59. The molecule has 0 unspecified atom stereocenters. The third-order valence-electron chi connectivity index (χ3n) is 4.72. The molecule has 3 aromatic carbocycles. The lowest BCUT2D eigenvalue weighted by Gasteiger charge is -2.24. The van der Waals surface area contributed by atoms with Crippen molar-refractivity contribution in [3.63, 3.8) is 0 Å². The molecule has 0 saturated carbocycles. The van der Waals surface area contributed by atoms with Crippen LogP contribution in [0, 0.1) is 6.92 Å². The van der Waals surface area contributed by atoms with Crippen molar-refractivity contribution in [2.45, 2.75) is 23.6 Å². The average Bonchev–Trinajstić information content (AvgIpc) is 2.79. The van der Waals surface area contributed by atoms with Crippen molar-refractivity contribution < 1.29 is 17.9 Å². The minimum absolute atomic E-state index is 0.0774. The number of benzene rings is 3. The number of sulfonamides is 1. The van der Waals surface area contributed by atoms with Crippen molar-refractivity contribution in [3.8, 4) is 5.75 Å². The number of rotatable bonds is 9. The Labute approximate surface area is 193 Å². The van der Waals surface area contributed by atoms with Gasteiger partial charge in [-0.25, -0.2) is 8.42 Å². The van der Waals surface area contributed by atoms with Gasteiger partial charge in [-0.05, 0) is 61.2 Å². The van der Waals surface area contributed by atoms with Crippen LogP contribution in [0.25, 0.3) is 0 Å². The van der Waals surface area contributed by atoms with Crippen molar-refractivity contribution in [1.29, 1.82) is 0 Å². The number of carbonyl (C=O) groups is 1. The summed E-state index contributed by atoms with van der Waals surface area (Å²) in [4.78, 5) is 14.0. The van der Waals surface area contributed by atoms with E-state index in [9.17, 15) is 13.2 Å². The highest BCUT2D eigenvalue weighted by molar-refractivity contribution is 7.99. The highest BCUT2D eigenvalue weighted by Crippen LogP contribution is 2.28. The number of amides is 1. The van der Waals surface area contributed by atoms with Crippen LogP contribution in [0.4, 0.5) is 11.4 Å². The van der Waals surface area contributed by atoms with Crippen LogP contribution in [0.15, 0.2) is 82.6 Å². The number of hydrogen-bond donors (Lipinski definition) is 1. The summed E-state index contributed by atoms with van der Waals surface area (Å²) >= 11 is 1.61. The lowest BCUT2D eigenvalue weighted by molar-refractivity contribution is -0.114. The molecule has 3 rings (SSSR count). The molecule has 32 heavy (non-hydrogen) atoms. The Morgan fingerprint density at radius 1 is 1.00 bits per heavy atom. The lowest BCUT2D eigenvalue weighted by Crippen LogP contribution is -2.38. The fourth-order valence-corrected chi connectivity index (χ4v) is 5.25. The Bertz CT molecular complexity index is 1160. The van der Waals surface area contributed by atoms with Gasteiger partial charge in [0.1, 0.15) is 12.3 Å². The predicted molar refractivity (Wildman–Crippen MR) is 130 cm³/mol. The van der Waals surface area contributed by atoms with E-state index in [0.29, 0.717) is 17.1 Å². The van der Waals surface area contributed by atoms with Gasteiger partial charge in [-0.3, -0.25) is 9.10 Å². The van der Waals surface area contributed by atoms with Crippen LogP contribution >= 0.6 is 11.8 Å². The highest BCUT2D eigenvalue weighted by Gasteiger charge is 2.27. The molecular formula is C24H26N2O4S2. The van der Waals surface area contributed by atoms with E-state index >= 15 is 0 Å². The Morgan fingerprint density at radius 3 is 2.28 bits per heavy atom. The zero-order valence-corrected chi connectivity index (χ0v) is 19.9. The number of nitrogens with one attached hydrogen (secondary N) is 1. The van der Waals surface area contributed by atoms with Gasteiger partial charge in [0.15, 0.2) is 0 Å². The van der Waals surface area contributed by atoms with Gasteiger partial charge in [-0.2, -0.15) is 0 Å². The van der Waals surface area contributed by atoms with Gasteiger partial charge in [0.25, 0.3) is 10.0 Å². The van der Waals surface area contributed by atoms with E-state index in [4.69, 9.17) is 4.74 Å². The van der Waals surface area contributed by atoms with Crippen LogP contribution < -0.4 is 14.4 Å². The maximum Gasteiger partial charge on any atom is 0.264 e. The average molecular weight is 471 g/mol. The maximum absolute atomic E-state index is 13.5. The van der Waals surface area contributed by atoms with Gasteiger partial charge in [-0.15, -0.1) is 11.8 Å². The van der Waals surface area contributed by atoms with Crippen LogP contribution in [0.1, 0.15) is 12.5 Å². The molecule has 0 aliphatic rings. The molecule has 1 N–H and O–H groups in total. The summed E-state index contributed by atoms with van der Waals surface area (Å²) in [6, 6.07) is 20.6. The minimum Gasteiger partial charge on any atom is -0.497 e. The summed E-state index contributed by atoms with van der Waals surface area (Å²) in [5, 5.41) is 2.86. The third-order valence-corrected chi connectivity index (χ3v) is 7.46. The number of para-hydroxylation sites is 1. The summed E-state index contributed by atoms with van der Waals surface area (Å²) in [6.07, 6.45) is 0. The lowest BCUT2D eigenvalue weighted by atomic mass is 10.2. The van der Waals surface area contributed by atoms with Crippen LogP contribution in [-0.2, 0) is 14.8 Å². The van der Waals surface area contributed by atoms with Gasteiger partial charge in [0.2, 0.25) is 5.91 Å². The van der Waals surface area contributed by atoms with Crippen LogP contribution in [0.5, 0.6) is 5.75 Å². The first-order chi connectivity index (χ1) is 15.3. The Balaban J connectivity index is 1.93. The molecule has 0 aromatic heterocycles. The number of nitrogens with zero attached hydrogens (tertiary/aromatic N) is 1. The second-order valence-electron chi connectivity index (χ2n) is 7.00. The van der Waals surface area contributed by atoms with Crippen molar-refractivity contribution >= 4 is 39.1 Å². The van der Waals surface area contributed by atoms with E-state index < -0.39 is 15.9 Å². The molecule has 0 aliphatic carbocycles.